The SMILES string of the molecule is O=C1C2=Cc3[nH]c(c4c3C3C=CC4C(O)C3O)C=C3N=C(C=c4[nH]c(c5c4C4C=CC5C(O)C4O)=CC(=C1C1C=CC4(O)CC14)N2)C1=C3C2C=CC1C(O)C2O. The quantitative estimate of drug-likeness (QED) is 0.176. The number of hydrogen-bond acceptors (Lipinski definition) is 10. The normalized spacial score (nSPS) is 43.3. The van der Waals surface area contributed by atoms with E-state index in [0.29, 0.717) is 56.9 Å². The molecule has 15 unspecified atom stereocenters. The van der Waals surface area contributed by atoms with Crippen molar-refractivity contribution in [3.63, 3.8) is 0 Å². The highest BCUT2D eigenvalue weighted by Gasteiger charge is 2.60. The van der Waals surface area contributed by atoms with Crippen LogP contribution in [0.4, 0.5) is 0 Å². The van der Waals surface area contributed by atoms with Gasteiger partial charge in [0, 0.05) is 80.7 Å². The standard InChI is InChI=1S/C44H38N4O8/c49-37-15-1-2-16(38(37)50)31-23-10-25-33-18-5-6-20(42(54)40(18)52)35(33)27(47-25)12-29-43(55)36(14-7-8-44(56)13-21(14)44)28(48-29)11-26-34-19-4-3-17(39(51)41(19)53)32(34)24(46-26)9-22(45-23)30(15)31/h1-12,14-21,37-42,46-54,56H,13H2. The van der Waals surface area contributed by atoms with Crippen LogP contribution in [0.5, 0.6) is 0 Å². The van der Waals surface area contributed by atoms with E-state index < -0.39 is 77.7 Å². The van der Waals surface area contributed by atoms with Crippen LogP contribution in [-0.2, 0) is 4.79 Å². The van der Waals surface area contributed by atoms with Gasteiger partial charge >= 0.3 is 0 Å². The molecule has 0 amide bonds. The summed E-state index contributed by atoms with van der Waals surface area (Å²) in [7, 11) is 0. The maximum absolute atomic E-state index is 14.7. The number of hydrogen-bond donors (Lipinski definition) is 10. The molecule has 5 heterocycles. The predicted octanol–water partition coefficient (Wildman–Crippen LogP) is -0.104. The summed E-state index contributed by atoms with van der Waals surface area (Å²) in [5.74, 6) is -3.85. The fourth-order valence-corrected chi connectivity index (χ4v) is 12.0. The van der Waals surface area contributed by atoms with Crippen LogP contribution < -0.4 is 16.0 Å². The first-order valence-corrected chi connectivity index (χ1v) is 19.6. The van der Waals surface area contributed by atoms with Crippen LogP contribution in [0.25, 0.3) is 24.3 Å². The average molecular weight is 751 g/mol. The van der Waals surface area contributed by atoms with Gasteiger partial charge in [0.1, 0.15) is 0 Å². The second-order valence-corrected chi connectivity index (χ2v) is 17.5. The summed E-state index contributed by atoms with van der Waals surface area (Å²) < 4.78 is 0. The Kier molecular flexibility index (Phi) is 5.94. The number of aliphatic hydroxyl groups excluding tert-OH is 6. The maximum atomic E-state index is 14.7. The van der Waals surface area contributed by atoms with Crippen LogP contribution in [0.15, 0.2) is 87.4 Å². The minimum absolute atomic E-state index is 0.128. The molecule has 1 saturated carbocycles. The van der Waals surface area contributed by atoms with Gasteiger partial charge in [0.2, 0.25) is 5.78 Å². The number of Topliss-reactive ketones (excluding diaryl/α,β-unsaturated/α-hetero) is 1. The van der Waals surface area contributed by atoms with Gasteiger partial charge < -0.3 is 51.0 Å². The van der Waals surface area contributed by atoms with Crippen LogP contribution >= 0.6 is 0 Å². The molecular formula is C44H38N4O8. The van der Waals surface area contributed by atoms with E-state index in [-0.39, 0.29) is 17.6 Å². The monoisotopic (exact) mass is 750 g/mol. The van der Waals surface area contributed by atoms with Crippen LogP contribution in [0.2, 0.25) is 0 Å². The summed E-state index contributed by atoms with van der Waals surface area (Å²) in [5.41, 5.74) is 7.73. The Balaban J connectivity index is 1.12. The molecule has 12 heteroatoms. The van der Waals surface area contributed by atoms with Crippen molar-refractivity contribution in [2.24, 2.45) is 28.7 Å². The highest BCUT2D eigenvalue weighted by Crippen LogP contribution is 2.58. The third-order valence-electron chi connectivity index (χ3n) is 14.8. The van der Waals surface area contributed by atoms with Gasteiger partial charge in [0.05, 0.1) is 59.3 Å². The number of aromatic amines is 2. The van der Waals surface area contributed by atoms with Gasteiger partial charge in [-0.2, -0.15) is 0 Å². The second-order valence-electron chi connectivity index (χ2n) is 17.5. The molecule has 0 saturated heterocycles. The average Bonchev–Trinajstić information content (AvgIpc) is 3.67. The molecule has 2 aromatic rings. The molecule has 0 radical (unpaired) electrons. The first-order valence-electron chi connectivity index (χ1n) is 19.6. The number of H-pyrrole nitrogens is 2. The number of carbonyl (C=O) groups excluding carboxylic acids is 1. The molecule has 15 atom stereocenters. The summed E-state index contributed by atoms with van der Waals surface area (Å²) in [6.07, 6.45) is 17.0. The number of nitrogens with one attached hydrogen (secondary N) is 3. The summed E-state index contributed by atoms with van der Waals surface area (Å²) >= 11 is 0. The van der Waals surface area contributed by atoms with Crippen LogP contribution in [-0.4, -0.2) is 99.4 Å². The predicted molar refractivity (Wildman–Crippen MR) is 202 cm³/mol. The molecule has 10 N–H and O–H groups in total. The Morgan fingerprint density at radius 1 is 0.571 bits per heavy atom. The first kappa shape index (κ1) is 32.2. The number of ketones is 1. The van der Waals surface area contributed by atoms with Crippen molar-refractivity contribution in [2.75, 3.05) is 0 Å². The van der Waals surface area contributed by atoms with Crippen molar-refractivity contribution < 1.29 is 40.5 Å². The molecule has 56 heavy (non-hydrogen) atoms. The van der Waals surface area contributed by atoms with Gasteiger partial charge in [-0.05, 0) is 64.1 Å². The number of fused-ring (bicyclic) bond motifs is 11. The lowest BCUT2D eigenvalue weighted by atomic mass is 9.66. The summed E-state index contributed by atoms with van der Waals surface area (Å²) in [6, 6.07) is 0. The number of aliphatic imine (C=N–C) groups is 1. The molecular weight excluding hydrogens is 713 g/mol. The Hall–Kier alpha value is -4.92. The van der Waals surface area contributed by atoms with E-state index in [0.717, 1.165) is 33.4 Å². The van der Waals surface area contributed by atoms with Crippen LogP contribution in [0, 0.1) is 23.7 Å². The van der Waals surface area contributed by atoms with Crippen molar-refractivity contribution in [1.29, 1.82) is 0 Å². The summed E-state index contributed by atoms with van der Waals surface area (Å²) in [4.78, 5) is 27.1. The molecule has 0 aromatic carbocycles. The zero-order valence-electron chi connectivity index (χ0n) is 29.7. The largest absolute Gasteiger partial charge is 0.389 e. The third-order valence-corrected chi connectivity index (χ3v) is 14.8. The molecule has 14 aliphatic rings. The van der Waals surface area contributed by atoms with E-state index in [9.17, 15) is 40.5 Å². The third kappa shape index (κ3) is 3.79. The van der Waals surface area contributed by atoms with Gasteiger partial charge in [-0.15, -0.1) is 0 Å². The molecule has 1 fully saturated rings. The van der Waals surface area contributed by atoms with Gasteiger partial charge in [0.25, 0.3) is 0 Å². The number of allylic oxidation sites excluding steroid dienone is 4. The van der Waals surface area contributed by atoms with Crippen LogP contribution in [0.3, 0.4) is 0 Å². The van der Waals surface area contributed by atoms with E-state index in [1.165, 1.54) is 0 Å². The molecule has 14 bridgehead atoms. The van der Waals surface area contributed by atoms with Crippen molar-refractivity contribution in [2.45, 2.75) is 72.3 Å². The zero-order valence-corrected chi connectivity index (χ0v) is 29.7. The number of carbonyl (C=O) groups is 1. The number of nitrogens with zero attached hydrogens (tertiary/aromatic N) is 1. The van der Waals surface area contributed by atoms with Crippen molar-refractivity contribution in [3.05, 3.63) is 127 Å². The Morgan fingerprint density at radius 3 is 1.70 bits per heavy atom. The molecule has 0 spiro atoms. The topological polar surface area (TPSA) is 215 Å². The van der Waals surface area contributed by atoms with Crippen molar-refractivity contribution in [3.8, 4) is 0 Å². The highest BCUT2D eigenvalue weighted by molar-refractivity contribution is 6.24. The van der Waals surface area contributed by atoms with E-state index >= 15 is 0 Å². The lowest BCUT2D eigenvalue weighted by Crippen LogP contribution is -2.47. The maximum Gasteiger partial charge on any atom is 0.207 e. The number of aromatic nitrogens is 2. The van der Waals surface area contributed by atoms with E-state index in [2.05, 4.69) is 15.3 Å². The lowest BCUT2D eigenvalue weighted by molar-refractivity contribution is -0.112. The highest BCUT2D eigenvalue weighted by atomic mass is 16.3. The van der Waals surface area contributed by atoms with Gasteiger partial charge in [-0.25, -0.2) is 4.99 Å². The number of aliphatic hydroxyl groups is 7. The Labute approximate surface area is 318 Å². The van der Waals surface area contributed by atoms with Gasteiger partial charge in [0.15, 0.2) is 0 Å². The minimum atomic E-state index is -1.05. The fraction of sp³-hybridized carbons (Fsp3) is 0.364. The first-order chi connectivity index (χ1) is 27.0. The van der Waals surface area contributed by atoms with E-state index in [4.69, 9.17) is 4.99 Å². The van der Waals surface area contributed by atoms with E-state index in [1.807, 2.05) is 60.8 Å². The Morgan fingerprint density at radius 2 is 1.11 bits per heavy atom. The molecule has 2 aromatic heterocycles. The Bertz CT molecular complexity index is 2720. The molecule has 16 rings (SSSR count). The molecule has 11 aliphatic carbocycles. The van der Waals surface area contributed by atoms with Crippen molar-refractivity contribution >= 4 is 35.8 Å². The lowest BCUT2D eigenvalue weighted by Gasteiger charge is -2.41. The molecule has 282 valence electrons. The van der Waals surface area contributed by atoms with Crippen molar-refractivity contribution in [1.82, 2.24) is 15.3 Å². The molecule has 12 nitrogen and oxygen atoms in total. The van der Waals surface area contributed by atoms with E-state index in [1.54, 1.807) is 12.2 Å². The second kappa shape index (κ2) is 10.3. The molecule has 3 aliphatic heterocycles. The van der Waals surface area contributed by atoms with Crippen LogP contribution in [0.1, 0.15) is 63.7 Å². The smallest absolute Gasteiger partial charge is 0.207 e. The van der Waals surface area contributed by atoms with Gasteiger partial charge in [-0.3, -0.25) is 4.79 Å². The minimum Gasteiger partial charge on any atom is -0.389 e. The van der Waals surface area contributed by atoms with Gasteiger partial charge in [-0.1, -0.05) is 48.6 Å². The summed E-state index contributed by atoms with van der Waals surface area (Å²) in [5, 5.41) is 83.6. The fourth-order valence-electron chi connectivity index (χ4n) is 12.0. The number of rotatable bonds is 1. The zero-order chi connectivity index (χ0) is 37.8. The summed E-state index contributed by atoms with van der Waals surface area (Å²) in [6.45, 7) is 0.